The average molecular weight is 308 g/mol. The molecule has 1 atom stereocenters. The lowest BCUT2D eigenvalue weighted by Crippen LogP contribution is -2.21. The highest BCUT2D eigenvalue weighted by molar-refractivity contribution is 6.30. The van der Waals surface area contributed by atoms with E-state index in [0.717, 1.165) is 12.2 Å². The van der Waals surface area contributed by atoms with Crippen LogP contribution in [0.15, 0.2) is 36.5 Å². The van der Waals surface area contributed by atoms with Gasteiger partial charge in [-0.2, -0.15) is 0 Å². The summed E-state index contributed by atoms with van der Waals surface area (Å²) in [6, 6.07) is 8.95. The van der Waals surface area contributed by atoms with Crippen molar-refractivity contribution in [3.05, 3.63) is 62.9 Å². The molecule has 1 aromatic heterocycles. The summed E-state index contributed by atoms with van der Waals surface area (Å²) in [5.74, 6) is 0. The zero-order valence-electron chi connectivity index (χ0n) is 12.0. The van der Waals surface area contributed by atoms with Crippen molar-refractivity contribution in [2.24, 2.45) is 0 Å². The van der Waals surface area contributed by atoms with Crippen LogP contribution in [0.1, 0.15) is 31.1 Å². The Bertz CT molecular complexity index is 640. The van der Waals surface area contributed by atoms with Gasteiger partial charge in [0.05, 0.1) is 11.5 Å². The molecule has 0 saturated carbocycles. The number of benzene rings is 1. The molecule has 21 heavy (non-hydrogen) atoms. The Morgan fingerprint density at radius 1 is 1.43 bits per heavy atom. The molecule has 0 saturated heterocycles. The Balaban J connectivity index is 2.31. The van der Waals surface area contributed by atoms with E-state index in [9.17, 15) is 10.1 Å². The fourth-order valence-corrected chi connectivity index (χ4v) is 2.57. The maximum Gasteiger partial charge on any atom is 0.275 e. The van der Waals surface area contributed by atoms with E-state index in [0.29, 0.717) is 17.1 Å². The van der Waals surface area contributed by atoms with Crippen molar-refractivity contribution in [1.29, 1.82) is 0 Å². The van der Waals surface area contributed by atoms with Crippen molar-refractivity contribution < 1.29 is 4.92 Å². The summed E-state index contributed by atoms with van der Waals surface area (Å²) in [4.78, 5) is 10.8. The van der Waals surface area contributed by atoms with Gasteiger partial charge >= 0.3 is 0 Å². The summed E-state index contributed by atoms with van der Waals surface area (Å²) >= 11 is 5.84. The molecule has 0 aliphatic rings. The topological polar surface area (TPSA) is 60.1 Å². The SMILES string of the molecule is CCNC(C)c1cccn1Cc1ccc(Cl)cc1[N+](=O)[O-]. The normalized spacial score (nSPS) is 12.3. The predicted octanol–water partition coefficient (Wildman–Crippen LogP) is 3.77. The van der Waals surface area contributed by atoms with Crippen LogP contribution in [0.3, 0.4) is 0 Å². The Kier molecular flexibility index (Phi) is 4.98. The highest BCUT2D eigenvalue weighted by atomic mass is 35.5. The quantitative estimate of drug-likeness (QED) is 0.653. The fourth-order valence-electron chi connectivity index (χ4n) is 2.40. The molecule has 0 spiro atoms. The lowest BCUT2D eigenvalue weighted by Gasteiger charge is -2.16. The molecule has 5 nitrogen and oxygen atoms in total. The van der Waals surface area contributed by atoms with Crippen LogP contribution in [0.4, 0.5) is 5.69 Å². The molecule has 112 valence electrons. The number of nitro groups is 1. The van der Waals surface area contributed by atoms with E-state index in [1.807, 2.05) is 29.8 Å². The second kappa shape index (κ2) is 6.74. The molecule has 1 aromatic carbocycles. The zero-order chi connectivity index (χ0) is 15.4. The molecule has 1 heterocycles. The molecule has 0 radical (unpaired) electrons. The van der Waals surface area contributed by atoms with Crippen LogP contribution in [-0.2, 0) is 6.54 Å². The fraction of sp³-hybridized carbons (Fsp3) is 0.333. The summed E-state index contributed by atoms with van der Waals surface area (Å²) in [5, 5.41) is 14.9. The van der Waals surface area contributed by atoms with Gasteiger partial charge in [0.15, 0.2) is 0 Å². The highest BCUT2D eigenvalue weighted by Crippen LogP contribution is 2.25. The smallest absolute Gasteiger partial charge is 0.275 e. The first kappa shape index (κ1) is 15.5. The van der Waals surface area contributed by atoms with Crippen molar-refractivity contribution in [3.63, 3.8) is 0 Å². The van der Waals surface area contributed by atoms with E-state index in [1.54, 1.807) is 12.1 Å². The first-order valence-electron chi connectivity index (χ1n) is 6.84. The van der Waals surface area contributed by atoms with E-state index in [1.165, 1.54) is 6.07 Å². The molecule has 0 bridgehead atoms. The minimum atomic E-state index is -0.391. The molecular weight excluding hydrogens is 290 g/mol. The Morgan fingerprint density at radius 3 is 2.86 bits per heavy atom. The molecule has 0 amide bonds. The molecular formula is C15H18ClN3O2. The number of nitrogens with zero attached hydrogens (tertiary/aromatic N) is 2. The minimum Gasteiger partial charge on any atom is -0.345 e. The second-order valence-corrected chi connectivity index (χ2v) is 5.31. The predicted molar refractivity (Wildman–Crippen MR) is 83.7 cm³/mol. The molecule has 0 fully saturated rings. The van der Waals surface area contributed by atoms with Gasteiger partial charge in [0.2, 0.25) is 0 Å². The van der Waals surface area contributed by atoms with E-state index in [4.69, 9.17) is 11.6 Å². The summed E-state index contributed by atoms with van der Waals surface area (Å²) in [6.07, 6.45) is 1.93. The standard InChI is InChI=1S/C15H18ClN3O2/c1-3-17-11(2)14-5-4-8-18(14)10-12-6-7-13(16)9-15(12)19(20)21/h4-9,11,17H,3,10H2,1-2H3. The van der Waals surface area contributed by atoms with Crippen molar-refractivity contribution in [3.8, 4) is 0 Å². The van der Waals surface area contributed by atoms with E-state index in [2.05, 4.69) is 12.2 Å². The van der Waals surface area contributed by atoms with E-state index < -0.39 is 4.92 Å². The van der Waals surface area contributed by atoms with Crippen LogP contribution in [0, 0.1) is 10.1 Å². The van der Waals surface area contributed by atoms with Crippen molar-refractivity contribution in [2.45, 2.75) is 26.4 Å². The number of hydrogen-bond acceptors (Lipinski definition) is 3. The number of nitrogens with one attached hydrogen (secondary N) is 1. The maximum absolute atomic E-state index is 11.1. The largest absolute Gasteiger partial charge is 0.345 e. The van der Waals surface area contributed by atoms with E-state index >= 15 is 0 Å². The molecule has 0 aliphatic heterocycles. The number of rotatable bonds is 6. The third-order valence-corrected chi connectivity index (χ3v) is 3.64. The van der Waals surface area contributed by atoms with Gasteiger partial charge in [0.25, 0.3) is 5.69 Å². The van der Waals surface area contributed by atoms with Crippen molar-refractivity contribution in [2.75, 3.05) is 6.54 Å². The van der Waals surface area contributed by atoms with Crippen LogP contribution in [-0.4, -0.2) is 16.0 Å². The number of nitro benzene ring substituents is 1. The first-order chi connectivity index (χ1) is 10.0. The highest BCUT2D eigenvalue weighted by Gasteiger charge is 2.16. The van der Waals surface area contributed by atoms with Gasteiger partial charge in [-0.05, 0) is 37.7 Å². The van der Waals surface area contributed by atoms with Gasteiger partial charge in [-0.3, -0.25) is 10.1 Å². The number of aromatic nitrogens is 1. The molecule has 1 N–H and O–H groups in total. The second-order valence-electron chi connectivity index (χ2n) is 4.87. The van der Waals surface area contributed by atoms with Gasteiger partial charge in [-0.25, -0.2) is 0 Å². The van der Waals surface area contributed by atoms with Crippen LogP contribution in [0.5, 0.6) is 0 Å². The van der Waals surface area contributed by atoms with Crippen LogP contribution < -0.4 is 5.32 Å². The Morgan fingerprint density at radius 2 is 2.19 bits per heavy atom. The van der Waals surface area contributed by atoms with Crippen LogP contribution in [0.2, 0.25) is 5.02 Å². The van der Waals surface area contributed by atoms with Crippen molar-refractivity contribution in [1.82, 2.24) is 9.88 Å². The van der Waals surface area contributed by atoms with Gasteiger partial charge in [0.1, 0.15) is 0 Å². The summed E-state index contributed by atoms with van der Waals surface area (Å²) in [6.45, 7) is 5.44. The van der Waals surface area contributed by atoms with Crippen LogP contribution >= 0.6 is 11.6 Å². The first-order valence-corrected chi connectivity index (χ1v) is 7.22. The third-order valence-electron chi connectivity index (χ3n) is 3.40. The van der Waals surface area contributed by atoms with E-state index in [-0.39, 0.29) is 11.7 Å². The summed E-state index contributed by atoms with van der Waals surface area (Å²) in [5.41, 5.74) is 1.80. The summed E-state index contributed by atoms with van der Waals surface area (Å²) in [7, 11) is 0. The number of halogens is 1. The Labute approximate surface area is 128 Å². The third kappa shape index (κ3) is 3.62. The maximum atomic E-state index is 11.1. The molecule has 0 aliphatic carbocycles. The van der Waals surface area contributed by atoms with Crippen LogP contribution in [0.25, 0.3) is 0 Å². The number of hydrogen-bond donors (Lipinski definition) is 1. The average Bonchev–Trinajstić information content (AvgIpc) is 2.89. The minimum absolute atomic E-state index is 0.0539. The summed E-state index contributed by atoms with van der Waals surface area (Å²) < 4.78 is 2.02. The Hall–Kier alpha value is -1.85. The lowest BCUT2D eigenvalue weighted by atomic mass is 10.1. The molecule has 2 rings (SSSR count). The monoisotopic (exact) mass is 307 g/mol. The van der Waals surface area contributed by atoms with Gasteiger partial charge < -0.3 is 9.88 Å². The molecule has 2 aromatic rings. The van der Waals surface area contributed by atoms with Crippen molar-refractivity contribution >= 4 is 17.3 Å². The van der Waals surface area contributed by atoms with Gasteiger partial charge in [-0.1, -0.05) is 18.5 Å². The van der Waals surface area contributed by atoms with Gasteiger partial charge in [-0.15, -0.1) is 0 Å². The zero-order valence-corrected chi connectivity index (χ0v) is 12.8. The molecule has 1 unspecified atom stereocenters. The lowest BCUT2D eigenvalue weighted by molar-refractivity contribution is -0.385. The van der Waals surface area contributed by atoms with Gasteiger partial charge in [0, 0.05) is 34.6 Å². The molecule has 6 heteroatoms.